The van der Waals surface area contributed by atoms with Gasteiger partial charge in [0.25, 0.3) is 0 Å². The van der Waals surface area contributed by atoms with Crippen molar-refractivity contribution in [1.29, 1.82) is 0 Å². The van der Waals surface area contributed by atoms with Crippen molar-refractivity contribution < 1.29 is 14.3 Å². The van der Waals surface area contributed by atoms with Crippen LogP contribution in [0.15, 0.2) is 0 Å². The van der Waals surface area contributed by atoms with Crippen molar-refractivity contribution in [3.05, 3.63) is 0 Å². The standard InChI is InChI=1S/C11H21NO3/c1-11(5-3-6-12-9-11)10(13)15-8-4-7-14-2/h12H,3-9H2,1-2H3. The van der Waals surface area contributed by atoms with E-state index in [1.54, 1.807) is 7.11 Å². The minimum absolute atomic E-state index is 0.0780. The number of ether oxygens (including phenoxy) is 2. The van der Waals surface area contributed by atoms with Gasteiger partial charge >= 0.3 is 5.97 Å². The molecule has 4 heteroatoms. The van der Waals surface area contributed by atoms with E-state index >= 15 is 0 Å². The van der Waals surface area contributed by atoms with Crippen molar-refractivity contribution >= 4 is 5.97 Å². The van der Waals surface area contributed by atoms with Gasteiger partial charge < -0.3 is 14.8 Å². The molecule has 0 aromatic rings. The molecule has 4 nitrogen and oxygen atoms in total. The molecule has 1 unspecified atom stereocenters. The van der Waals surface area contributed by atoms with E-state index < -0.39 is 0 Å². The molecular formula is C11H21NO3. The molecule has 88 valence electrons. The lowest BCUT2D eigenvalue weighted by molar-refractivity contribution is -0.156. The van der Waals surface area contributed by atoms with Crippen LogP contribution in [0.2, 0.25) is 0 Å². The third-order valence-corrected chi connectivity index (χ3v) is 2.82. The van der Waals surface area contributed by atoms with Crippen LogP contribution in [0.25, 0.3) is 0 Å². The maximum atomic E-state index is 11.8. The largest absolute Gasteiger partial charge is 0.465 e. The Labute approximate surface area is 91.3 Å². The molecule has 1 heterocycles. The smallest absolute Gasteiger partial charge is 0.313 e. The Morgan fingerprint density at radius 2 is 2.27 bits per heavy atom. The van der Waals surface area contributed by atoms with E-state index in [-0.39, 0.29) is 11.4 Å². The van der Waals surface area contributed by atoms with Crippen LogP contribution >= 0.6 is 0 Å². The fourth-order valence-corrected chi connectivity index (χ4v) is 1.77. The topological polar surface area (TPSA) is 47.6 Å². The summed E-state index contributed by atoms with van der Waals surface area (Å²) in [6.45, 7) is 4.81. The summed E-state index contributed by atoms with van der Waals surface area (Å²) in [4.78, 5) is 11.8. The summed E-state index contributed by atoms with van der Waals surface area (Å²) in [7, 11) is 1.65. The number of methoxy groups -OCH3 is 1. The van der Waals surface area contributed by atoms with Crippen LogP contribution in [0.1, 0.15) is 26.2 Å². The molecule has 0 spiro atoms. The molecule has 0 amide bonds. The predicted molar refractivity (Wildman–Crippen MR) is 57.7 cm³/mol. The summed E-state index contributed by atoms with van der Waals surface area (Å²) in [6.07, 6.45) is 2.73. The van der Waals surface area contributed by atoms with Crippen molar-refractivity contribution in [2.45, 2.75) is 26.2 Å². The highest BCUT2D eigenvalue weighted by atomic mass is 16.5. The van der Waals surface area contributed by atoms with Crippen LogP contribution in [-0.4, -0.2) is 39.4 Å². The quantitative estimate of drug-likeness (QED) is 0.548. The van der Waals surface area contributed by atoms with Gasteiger partial charge in [0.1, 0.15) is 0 Å². The summed E-state index contributed by atoms with van der Waals surface area (Å²) in [5.41, 5.74) is -0.328. The second kappa shape index (κ2) is 6.08. The monoisotopic (exact) mass is 215 g/mol. The molecule has 1 aliphatic heterocycles. The van der Waals surface area contributed by atoms with E-state index in [1.807, 2.05) is 6.92 Å². The highest BCUT2D eigenvalue weighted by Gasteiger charge is 2.35. The summed E-state index contributed by atoms with van der Waals surface area (Å²) < 4.78 is 10.1. The molecule has 1 saturated heterocycles. The van der Waals surface area contributed by atoms with Gasteiger partial charge in [-0.15, -0.1) is 0 Å². The zero-order valence-corrected chi connectivity index (χ0v) is 9.67. The van der Waals surface area contributed by atoms with Crippen LogP contribution in [-0.2, 0) is 14.3 Å². The van der Waals surface area contributed by atoms with Gasteiger partial charge in [-0.25, -0.2) is 0 Å². The number of piperidine rings is 1. The normalized spacial score (nSPS) is 26.3. The molecule has 1 N–H and O–H groups in total. The number of rotatable bonds is 5. The highest BCUT2D eigenvalue weighted by Crippen LogP contribution is 2.26. The Morgan fingerprint density at radius 1 is 1.47 bits per heavy atom. The van der Waals surface area contributed by atoms with E-state index in [4.69, 9.17) is 9.47 Å². The molecule has 1 fully saturated rings. The molecule has 1 rings (SSSR count). The Hall–Kier alpha value is -0.610. The van der Waals surface area contributed by atoms with Gasteiger partial charge in [0.05, 0.1) is 12.0 Å². The SMILES string of the molecule is COCCCOC(=O)C1(C)CCCNC1. The number of carbonyl (C=O) groups is 1. The average molecular weight is 215 g/mol. The maximum Gasteiger partial charge on any atom is 0.313 e. The first-order valence-corrected chi connectivity index (χ1v) is 5.56. The van der Waals surface area contributed by atoms with E-state index in [2.05, 4.69) is 5.32 Å². The Balaban J connectivity index is 2.25. The lowest BCUT2D eigenvalue weighted by Crippen LogP contribution is -2.44. The van der Waals surface area contributed by atoms with E-state index in [9.17, 15) is 4.79 Å². The van der Waals surface area contributed by atoms with Gasteiger partial charge in [0.2, 0.25) is 0 Å². The van der Waals surface area contributed by atoms with Crippen LogP contribution < -0.4 is 5.32 Å². The molecular weight excluding hydrogens is 194 g/mol. The number of carbonyl (C=O) groups excluding carboxylic acids is 1. The second-order valence-electron chi connectivity index (χ2n) is 4.32. The third-order valence-electron chi connectivity index (χ3n) is 2.82. The van der Waals surface area contributed by atoms with Crippen LogP contribution in [0, 0.1) is 5.41 Å². The van der Waals surface area contributed by atoms with Crippen molar-refractivity contribution in [3.63, 3.8) is 0 Å². The van der Waals surface area contributed by atoms with Gasteiger partial charge in [-0.3, -0.25) is 4.79 Å². The van der Waals surface area contributed by atoms with Crippen molar-refractivity contribution in [2.75, 3.05) is 33.4 Å². The van der Waals surface area contributed by atoms with Crippen molar-refractivity contribution in [2.24, 2.45) is 5.41 Å². The molecule has 15 heavy (non-hydrogen) atoms. The van der Waals surface area contributed by atoms with Crippen molar-refractivity contribution in [3.8, 4) is 0 Å². The zero-order valence-electron chi connectivity index (χ0n) is 9.67. The van der Waals surface area contributed by atoms with Crippen LogP contribution in [0.3, 0.4) is 0 Å². The summed E-state index contributed by atoms with van der Waals surface area (Å²) in [6, 6.07) is 0. The maximum absolute atomic E-state index is 11.8. The van der Waals surface area contributed by atoms with Gasteiger partial charge in [0.15, 0.2) is 0 Å². The van der Waals surface area contributed by atoms with Gasteiger partial charge in [-0.05, 0) is 26.3 Å². The molecule has 1 atom stereocenters. The van der Waals surface area contributed by atoms with Crippen LogP contribution in [0.4, 0.5) is 0 Å². The molecule has 0 saturated carbocycles. The minimum atomic E-state index is -0.328. The molecule has 0 aliphatic carbocycles. The average Bonchev–Trinajstić information content (AvgIpc) is 2.25. The first-order valence-electron chi connectivity index (χ1n) is 5.56. The highest BCUT2D eigenvalue weighted by molar-refractivity contribution is 5.76. The summed E-state index contributed by atoms with van der Waals surface area (Å²) in [5.74, 6) is -0.0780. The third kappa shape index (κ3) is 3.80. The molecule has 0 aromatic carbocycles. The fraction of sp³-hybridized carbons (Fsp3) is 0.909. The lowest BCUT2D eigenvalue weighted by atomic mass is 9.83. The van der Waals surface area contributed by atoms with E-state index in [0.29, 0.717) is 13.2 Å². The van der Waals surface area contributed by atoms with E-state index in [0.717, 1.165) is 32.4 Å². The Morgan fingerprint density at radius 3 is 2.87 bits per heavy atom. The first-order chi connectivity index (χ1) is 7.19. The summed E-state index contributed by atoms with van der Waals surface area (Å²) in [5, 5.41) is 3.23. The number of nitrogens with one attached hydrogen (secondary N) is 1. The number of hydrogen-bond donors (Lipinski definition) is 1. The predicted octanol–water partition coefficient (Wildman–Crippen LogP) is 0.956. The second-order valence-corrected chi connectivity index (χ2v) is 4.32. The molecule has 0 bridgehead atoms. The lowest BCUT2D eigenvalue weighted by Gasteiger charge is -2.31. The Kier molecular flexibility index (Phi) is 5.05. The fourth-order valence-electron chi connectivity index (χ4n) is 1.77. The number of hydrogen-bond acceptors (Lipinski definition) is 4. The number of esters is 1. The molecule has 1 aliphatic rings. The van der Waals surface area contributed by atoms with Crippen molar-refractivity contribution in [1.82, 2.24) is 5.32 Å². The summed E-state index contributed by atoms with van der Waals surface area (Å²) >= 11 is 0. The van der Waals surface area contributed by atoms with Gasteiger partial charge in [0, 0.05) is 26.7 Å². The molecule has 0 aromatic heterocycles. The first kappa shape index (κ1) is 12.5. The minimum Gasteiger partial charge on any atom is -0.465 e. The van der Waals surface area contributed by atoms with Gasteiger partial charge in [-0.2, -0.15) is 0 Å². The zero-order chi connectivity index (χ0) is 11.1. The molecule has 0 radical (unpaired) electrons. The van der Waals surface area contributed by atoms with E-state index in [1.165, 1.54) is 0 Å². The Bertz CT molecular complexity index is 200. The van der Waals surface area contributed by atoms with Crippen LogP contribution in [0.5, 0.6) is 0 Å². The van der Waals surface area contributed by atoms with Gasteiger partial charge in [-0.1, -0.05) is 0 Å².